The number of aromatic amines is 1. The van der Waals surface area contributed by atoms with Gasteiger partial charge in [-0.1, -0.05) is 30.3 Å². The van der Waals surface area contributed by atoms with Crippen molar-refractivity contribution >= 4 is 11.8 Å². The zero-order chi connectivity index (χ0) is 20.1. The van der Waals surface area contributed by atoms with Crippen LogP contribution in [0.1, 0.15) is 17.3 Å². The van der Waals surface area contributed by atoms with Crippen molar-refractivity contribution < 1.29 is 14.8 Å². The molecule has 1 amide bonds. The summed E-state index contributed by atoms with van der Waals surface area (Å²) in [5.41, 5.74) is 1.36. The molecule has 0 saturated heterocycles. The van der Waals surface area contributed by atoms with E-state index in [1.54, 1.807) is 0 Å². The summed E-state index contributed by atoms with van der Waals surface area (Å²) in [4.78, 5) is 33.7. The quantitative estimate of drug-likeness (QED) is 0.444. The molecule has 1 unspecified atom stereocenters. The Labute approximate surface area is 158 Å². The third-order valence-electron chi connectivity index (χ3n) is 4.15. The van der Waals surface area contributed by atoms with E-state index in [0.29, 0.717) is 17.7 Å². The second-order valence-corrected chi connectivity index (χ2v) is 6.03. The highest BCUT2D eigenvalue weighted by atomic mass is 16.6. The van der Waals surface area contributed by atoms with Crippen LogP contribution in [-0.4, -0.2) is 26.3 Å². The lowest BCUT2D eigenvalue weighted by molar-refractivity contribution is -0.384. The normalized spacial score (nSPS) is 11.6. The fourth-order valence-electron chi connectivity index (χ4n) is 2.81. The minimum Gasteiger partial charge on any atom is -0.465 e. The summed E-state index contributed by atoms with van der Waals surface area (Å²) < 4.78 is 0. The molecule has 3 aromatic rings. The first kappa shape index (κ1) is 18.8. The number of nitrogens with one attached hydrogen (secondary N) is 2. The number of rotatable bonds is 6. The molecular formula is C19H16N4O5. The number of nitrogens with zero attached hydrogens (tertiary/aromatic N) is 2. The standard InChI is InChI=1S/C19H16N4O5/c24-18-15(13-6-8-14(9-7-13)23(27)28)11-17(21-22-18)16(20-19(25)26)10-12-4-2-1-3-5-12/h1-9,11,16,20H,10H2,(H,22,24)(H,25,26). The average molecular weight is 380 g/mol. The fraction of sp³-hybridized carbons (Fsp3) is 0.105. The van der Waals surface area contributed by atoms with Crippen molar-refractivity contribution in [3.8, 4) is 11.1 Å². The molecule has 0 aliphatic carbocycles. The largest absolute Gasteiger partial charge is 0.465 e. The number of non-ortho nitro benzene ring substituents is 1. The monoisotopic (exact) mass is 380 g/mol. The fourth-order valence-corrected chi connectivity index (χ4v) is 2.81. The van der Waals surface area contributed by atoms with Crippen LogP contribution in [0.2, 0.25) is 0 Å². The van der Waals surface area contributed by atoms with Gasteiger partial charge in [-0.05, 0) is 35.7 Å². The molecule has 3 N–H and O–H groups in total. The van der Waals surface area contributed by atoms with E-state index in [2.05, 4.69) is 15.5 Å². The first-order valence-electron chi connectivity index (χ1n) is 8.32. The van der Waals surface area contributed by atoms with Crippen molar-refractivity contribution in [3.05, 3.63) is 92.4 Å². The second kappa shape index (κ2) is 8.12. The Morgan fingerprint density at radius 1 is 1.18 bits per heavy atom. The van der Waals surface area contributed by atoms with Gasteiger partial charge in [0, 0.05) is 12.1 Å². The van der Waals surface area contributed by atoms with E-state index >= 15 is 0 Å². The average Bonchev–Trinajstić information content (AvgIpc) is 2.68. The minimum absolute atomic E-state index is 0.0936. The summed E-state index contributed by atoms with van der Waals surface area (Å²) in [5.74, 6) is 0. The van der Waals surface area contributed by atoms with Crippen LogP contribution in [0.4, 0.5) is 10.5 Å². The van der Waals surface area contributed by atoms with Gasteiger partial charge in [0.2, 0.25) is 0 Å². The first-order valence-corrected chi connectivity index (χ1v) is 8.32. The van der Waals surface area contributed by atoms with Crippen LogP contribution in [-0.2, 0) is 6.42 Å². The number of amides is 1. The van der Waals surface area contributed by atoms with Gasteiger partial charge in [0.15, 0.2) is 0 Å². The molecule has 0 aliphatic rings. The van der Waals surface area contributed by atoms with E-state index in [4.69, 9.17) is 0 Å². The predicted molar refractivity (Wildman–Crippen MR) is 101 cm³/mol. The van der Waals surface area contributed by atoms with E-state index in [1.807, 2.05) is 30.3 Å². The third-order valence-corrected chi connectivity index (χ3v) is 4.15. The molecule has 0 saturated carbocycles. The zero-order valence-electron chi connectivity index (χ0n) is 14.5. The van der Waals surface area contributed by atoms with E-state index in [1.165, 1.54) is 30.3 Å². The molecule has 0 aliphatic heterocycles. The Hall–Kier alpha value is -4.01. The Balaban J connectivity index is 1.97. The van der Waals surface area contributed by atoms with Gasteiger partial charge in [-0.2, -0.15) is 5.10 Å². The van der Waals surface area contributed by atoms with Crippen LogP contribution in [0.3, 0.4) is 0 Å². The van der Waals surface area contributed by atoms with Crippen molar-refractivity contribution in [2.75, 3.05) is 0 Å². The number of carboxylic acid groups (broad SMARTS) is 1. The molecule has 1 aromatic heterocycles. The molecule has 3 rings (SSSR count). The summed E-state index contributed by atoms with van der Waals surface area (Å²) in [6, 6.07) is 15.6. The molecule has 0 spiro atoms. The van der Waals surface area contributed by atoms with Crippen molar-refractivity contribution in [2.45, 2.75) is 12.5 Å². The number of hydrogen-bond donors (Lipinski definition) is 3. The highest BCUT2D eigenvalue weighted by molar-refractivity contribution is 5.66. The number of hydrogen-bond acceptors (Lipinski definition) is 5. The van der Waals surface area contributed by atoms with Gasteiger partial charge in [-0.3, -0.25) is 14.9 Å². The molecule has 0 fully saturated rings. The Bertz CT molecular complexity index is 1050. The zero-order valence-corrected chi connectivity index (χ0v) is 14.5. The van der Waals surface area contributed by atoms with Gasteiger partial charge in [0.1, 0.15) is 0 Å². The molecule has 28 heavy (non-hydrogen) atoms. The highest BCUT2D eigenvalue weighted by Crippen LogP contribution is 2.23. The Kier molecular flexibility index (Phi) is 5.45. The van der Waals surface area contributed by atoms with Gasteiger partial charge in [-0.25, -0.2) is 9.89 Å². The Morgan fingerprint density at radius 2 is 1.86 bits per heavy atom. The number of nitro benzene ring substituents is 1. The summed E-state index contributed by atoms with van der Waals surface area (Å²) in [6.45, 7) is 0. The van der Waals surface area contributed by atoms with E-state index in [-0.39, 0.29) is 11.3 Å². The van der Waals surface area contributed by atoms with Gasteiger partial charge in [0.25, 0.3) is 11.2 Å². The predicted octanol–water partition coefficient (Wildman–Crippen LogP) is 2.90. The van der Waals surface area contributed by atoms with Crippen LogP contribution in [0, 0.1) is 10.1 Å². The van der Waals surface area contributed by atoms with Gasteiger partial charge in [-0.15, -0.1) is 0 Å². The number of aromatic nitrogens is 2. The van der Waals surface area contributed by atoms with Crippen molar-refractivity contribution in [1.82, 2.24) is 15.5 Å². The lowest BCUT2D eigenvalue weighted by atomic mass is 10.0. The van der Waals surface area contributed by atoms with Crippen LogP contribution in [0.15, 0.2) is 65.5 Å². The maximum Gasteiger partial charge on any atom is 0.405 e. The van der Waals surface area contributed by atoms with Crippen LogP contribution < -0.4 is 10.9 Å². The van der Waals surface area contributed by atoms with E-state index in [0.717, 1.165) is 5.56 Å². The molecule has 1 atom stereocenters. The number of H-pyrrole nitrogens is 1. The summed E-state index contributed by atoms with van der Waals surface area (Å²) in [5, 5.41) is 28.7. The molecule has 9 nitrogen and oxygen atoms in total. The summed E-state index contributed by atoms with van der Waals surface area (Å²) in [6.07, 6.45) is -0.878. The number of benzene rings is 2. The van der Waals surface area contributed by atoms with Crippen LogP contribution in [0.25, 0.3) is 11.1 Å². The summed E-state index contributed by atoms with van der Waals surface area (Å²) >= 11 is 0. The van der Waals surface area contributed by atoms with E-state index in [9.17, 15) is 24.8 Å². The highest BCUT2D eigenvalue weighted by Gasteiger charge is 2.19. The van der Waals surface area contributed by atoms with Gasteiger partial charge < -0.3 is 10.4 Å². The topological polar surface area (TPSA) is 138 Å². The molecule has 0 radical (unpaired) electrons. The molecular weight excluding hydrogens is 364 g/mol. The van der Waals surface area contributed by atoms with Crippen LogP contribution in [0.5, 0.6) is 0 Å². The molecule has 9 heteroatoms. The molecule has 2 aromatic carbocycles. The SMILES string of the molecule is O=C(O)NC(Cc1ccccc1)c1cc(-c2ccc([N+](=O)[O-])cc2)c(=O)[nH]n1. The number of nitro groups is 1. The lowest BCUT2D eigenvalue weighted by Gasteiger charge is -2.17. The van der Waals surface area contributed by atoms with Crippen molar-refractivity contribution in [1.29, 1.82) is 0 Å². The maximum absolute atomic E-state index is 12.2. The van der Waals surface area contributed by atoms with Crippen LogP contribution >= 0.6 is 0 Å². The molecule has 0 bridgehead atoms. The maximum atomic E-state index is 12.2. The van der Waals surface area contributed by atoms with Crippen molar-refractivity contribution in [2.24, 2.45) is 0 Å². The third kappa shape index (κ3) is 4.39. The minimum atomic E-state index is -1.22. The Morgan fingerprint density at radius 3 is 2.46 bits per heavy atom. The first-order chi connectivity index (χ1) is 13.4. The van der Waals surface area contributed by atoms with E-state index < -0.39 is 22.6 Å². The van der Waals surface area contributed by atoms with Crippen molar-refractivity contribution in [3.63, 3.8) is 0 Å². The smallest absolute Gasteiger partial charge is 0.405 e. The number of carbonyl (C=O) groups is 1. The summed E-state index contributed by atoms with van der Waals surface area (Å²) in [7, 11) is 0. The lowest BCUT2D eigenvalue weighted by Crippen LogP contribution is -2.30. The molecule has 1 heterocycles. The van der Waals surface area contributed by atoms with Gasteiger partial charge >= 0.3 is 6.09 Å². The van der Waals surface area contributed by atoms with Gasteiger partial charge in [0.05, 0.1) is 22.2 Å². The molecule has 142 valence electrons. The second-order valence-electron chi connectivity index (χ2n) is 6.03.